The van der Waals surface area contributed by atoms with Gasteiger partial charge in [0, 0.05) is 12.6 Å². The molecule has 104 valence electrons. The Morgan fingerprint density at radius 1 is 1.39 bits per heavy atom. The summed E-state index contributed by atoms with van der Waals surface area (Å²) in [5.41, 5.74) is 4.81. The minimum Gasteiger partial charge on any atom is -0.392 e. The van der Waals surface area contributed by atoms with Crippen LogP contribution in [0.4, 0.5) is 0 Å². The maximum Gasteiger partial charge on any atom is 0.232 e. The van der Waals surface area contributed by atoms with Gasteiger partial charge in [0.15, 0.2) is 0 Å². The SMILES string of the molecule is CC(CNC(=O)C(C)(C)C(N)=S)N1CCCCC1. The van der Waals surface area contributed by atoms with Crippen LogP contribution in [0.5, 0.6) is 0 Å². The topological polar surface area (TPSA) is 58.4 Å². The van der Waals surface area contributed by atoms with Crippen molar-refractivity contribution in [1.82, 2.24) is 10.2 Å². The number of thiocarbonyl (C=S) groups is 1. The fourth-order valence-electron chi connectivity index (χ4n) is 2.06. The molecule has 0 spiro atoms. The van der Waals surface area contributed by atoms with E-state index in [0.29, 0.717) is 12.6 Å². The molecule has 1 unspecified atom stereocenters. The van der Waals surface area contributed by atoms with Crippen molar-refractivity contribution in [3.8, 4) is 0 Å². The van der Waals surface area contributed by atoms with Crippen LogP contribution in [0.25, 0.3) is 0 Å². The number of hydrogen-bond donors (Lipinski definition) is 2. The van der Waals surface area contributed by atoms with Gasteiger partial charge in [-0.2, -0.15) is 0 Å². The van der Waals surface area contributed by atoms with Crippen LogP contribution in [0, 0.1) is 5.41 Å². The molecule has 0 saturated carbocycles. The minimum atomic E-state index is -0.767. The Kier molecular flexibility index (Phi) is 5.53. The first-order valence-electron chi connectivity index (χ1n) is 6.68. The summed E-state index contributed by atoms with van der Waals surface area (Å²) in [6, 6.07) is 0.372. The van der Waals surface area contributed by atoms with Crippen LogP contribution in [0.2, 0.25) is 0 Å². The molecule has 1 fully saturated rings. The number of amides is 1. The normalized spacial score (nSPS) is 19.3. The highest BCUT2D eigenvalue weighted by Crippen LogP contribution is 2.16. The lowest BCUT2D eigenvalue weighted by Crippen LogP contribution is -2.49. The summed E-state index contributed by atoms with van der Waals surface area (Å²) in [5.74, 6) is -0.0844. The number of carbonyl (C=O) groups is 1. The average molecular weight is 271 g/mol. The van der Waals surface area contributed by atoms with Crippen LogP contribution in [-0.4, -0.2) is 41.5 Å². The van der Waals surface area contributed by atoms with Gasteiger partial charge in [0.05, 0.1) is 10.4 Å². The van der Waals surface area contributed by atoms with E-state index in [1.54, 1.807) is 13.8 Å². The number of carbonyl (C=O) groups excluding carboxylic acids is 1. The van der Waals surface area contributed by atoms with E-state index in [1.807, 2.05) is 0 Å². The molecule has 1 aliphatic rings. The minimum absolute atomic E-state index is 0.0844. The van der Waals surface area contributed by atoms with E-state index in [0.717, 1.165) is 13.1 Å². The van der Waals surface area contributed by atoms with E-state index in [-0.39, 0.29) is 10.9 Å². The van der Waals surface area contributed by atoms with Crippen molar-refractivity contribution in [3.63, 3.8) is 0 Å². The molecule has 0 radical (unpaired) electrons. The van der Waals surface area contributed by atoms with E-state index < -0.39 is 5.41 Å². The van der Waals surface area contributed by atoms with Crippen molar-refractivity contribution >= 4 is 23.1 Å². The second kappa shape index (κ2) is 6.48. The Bertz CT molecular complexity index is 311. The smallest absolute Gasteiger partial charge is 0.232 e. The number of nitrogens with zero attached hydrogens (tertiary/aromatic N) is 1. The maximum absolute atomic E-state index is 12.0. The number of rotatable bonds is 5. The summed E-state index contributed by atoms with van der Waals surface area (Å²) in [6.07, 6.45) is 3.84. The maximum atomic E-state index is 12.0. The van der Waals surface area contributed by atoms with E-state index >= 15 is 0 Å². The number of nitrogens with two attached hydrogens (primary N) is 1. The Hall–Kier alpha value is -0.680. The molecule has 0 bridgehead atoms. The van der Waals surface area contributed by atoms with Crippen molar-refractivity contribution in [2.24, 2.45) is 11.1 Å². The summed E-state index contributed by atoms with van der Waals surface area (Å²) in [4.78, 5) is 14.7. The summed E-state index contributed by atoms with van der Waals surface area (Å²) >= 11 is 4.92. The van der Waals surface area contributed by atoms with Gasteiger partial charge in [-0.25, -0.2) is 0 Å². The van der Waals surface area contributed by atoms with Crippen LogP contribution in [0.15, 0.2) is 0 Å². The van der Waals surface area contributed by atoms with Crippen molar-refractivity contribution in [1.29, 1.82) is 0 Å². The van der Waals surface area contributed by atoms with Crippen LogP contribution in [-0.2, 0) is 4.79 Å². The van der Waals surface area contributed by atoms with Crippen molar-refractivity contribution in [3.05, 3.63) is 0 Å². The van der Waals surface area contributed by atoms with Gasteiger partial charge in [-0.15, -0.1) is 0 Å². The second-order valence-corrected chi connectivity index (χ2v) is 6.08. The van der Waals surface area contributed by atoms with E-state index in [2.05, 4.69) is 17.1 Å². The number of piperidine rings is 1. The molecule has 1 saturated heterocycles. The monoisotopic (exact) mass is 271 g/mol. The molecular formula is C13H25N3OS. The highest BCUT2D eigenvalue weighted by atomic mass is 32.1. The highest BCUT2D eigenvalue weighted by Gasteiger charge is 2.31. The first kappa shape index (κ1) is 15.4. The average Bonchev–Trinajstić information content (AvgIpc) is 2.36. The predicted molar refractivity (Wildman–Crippen MR) is 78.5 cm³/mol. The lowest BCUT2D eigenvalue weighted by Gasteiger charge is -2.33. The molecule has 1 rings (SSSR count). The van der Waals surface area contributed by atoms with Gasteiger partial charge in [-0.1, -0.05) is 18.6 Å². The van der Waals surface area contributed by atoms with E-state index in [1.165, 1.54) is 19.3 Å². The molecule has 1 heterocycles. The third-order valence-electron chi connectivity index (χ3n) is 3.76. The lowest BCUT2D eigenvalue weighted by molar-refractivity contribution is -0.126. The summed E-state index contributed by atoms with van der Waals surface area (Å²) < 4.78 is 0. The Morgan fingerprint density at radius 2 is 1.94 bits per heavy atom. The fourth-order valence-corrected chi connectivity index (χ4v) is 2.15. The zero-order valence-corrected chi connectivity index (χ0v) is 12.5. The van der Waals surface area contributed by atoms with Gasteiger partial charge in [-0.3, -0.25) is 9.69 Å². The third-order valence-corrected chi connectivity index (χ3v) is 4.27. The van der Waals surface area contributed by atoms with Crippen molar-refractivity contribution in [2.75, 3.05) is 19.6 Å². The molecule has 5 heteroatoms. The first-order chi connectivity index (χ1) is 8.35. The van der Waals surface area contributed by atoms with Crippen LogP contribution in [0.3, 0.4) is 0 Å². The zero-order chi connectivity index (χ0) is 13.8. The Labute approximate surface area is 115 Å². The molecular weight excluding hydrogens is 246 g/mol. The van der Waals surface area contributed by atoms with Crippen LogP contribution >= 0.6 is 12.2 Å². The Balaban J connectivity index is 2.40. The van der Waals surface area contributed by atoms with Gasteiger partial charge in [-0.05, 0) is 46.7 Å². The molecule has 1 atom stereocenters. The number of hydrogen-bond acceptors (Lipinski definition) is 3. The molecule has 4 nitrogen and oxygen atoms in total. The molecule has 18 heavy (non-hydrogen) atoms. The predicted octanol–water partition coefficient (Wildman–Crippen LogP) is 1.29. The van der Waals surface area contributed by atoms with Gasteiger partial charge < -0.3 is 11.1 Å². The third kappa shape index (κ3) is 3.92. The van der Waals surface area contributed by atoms with Crippen molar-refractivity contribution < 1.29 is 4.79 Å². The van der Waals surface area contributed by atoms with Crippen LogP contribution in [0.1, 0.15) is 40.0 Å². The largest absolute Gasteiger partial charge is 0.392 e. The van der Waals surface area contributed by atoms with Crippen LogP contribution < -0.4 is 11.1 Å². The standard InChI is InChI=1S/C13H25N3OS/c1-10(16-7-5-4-6-8-16)9-15-12(17)13(2,3)11(14)18/h10H,4-9H2,1-3H3,(H2,14,18)(H,15,17). The van der Waals surface area contributed by atoms with E-state index in [4.69, 9.17) is 18.0 Å². The summed E-state index contributed by atoms with van der Waals surface area (Å²) in [6.45, 7) is 8.60. The number of nitrogens with one attached hydrogen (secondary N) is 1. The van der Waals surface area contributed by atoms with Gasteiger partial charge in [0.1, 0.15) is 0 Å². The first-order valence-corrected chi connectivity index (χ1v) is 7.08. The number of likely N-dealkylation sites (tertiary alicyclic amines) is 1. The molecule has 0 aromatic carbocycles. The molecule has 1 aliphatic heterocycles. The molecule has 3 N–H and O–H groups in total. The Morgan fingerprint density at radius 3 is 2.44 bits per heavy atom. The lowest BCUT2D eigenvalue weighted by atomic mass is 9.92. The van der Waals surface area contributed by atoms with Gasteiger partial charge in [0.25, 0.3) is 0 Å². The summed E-state index contributed by atoms with van der Waals surface area (Å²) in [7, 11) is 0. The second-order valence-electron chi connectivity index (χ2n) is 5.64. The van der Waals surface area contributed by atoms with Gasteiger partial charge in [0.2, 0.25) is 5.91 Å². The van der Waals surface area contributed by atoms with E-state index in [9.17, 15) is 4.79 Å². The quantitative estimate of drug-likeness (QED) is 0.740. The molecule has 1 amide bonds. The zero-order valence-electron chi connectivity index (χ0n) is 11.7. The highest BCUT2D eigenvalue weighted by molar-refractivity contribution is 7.80. The molecule has 0 aromatic rings. The fraction of sp³-hybridized carbons (Fsp3) is 0.846. The molecule has 0 aliphatic carbocycles. The molecule has 0 aromatic heterocycles. The van der Waals surface area contributed by atoms with Gasteiger partial charge >= 0.3 is 0 Å². The summed E-state index contributed by atoms with van der Waals surface area (Å²) in [5, 5.41) is 2.95. The van der Waals surface area contributed by atoms with Crippen molar-refractivity contribution in [2.45, 2.75) is 46.1 Å².